The van der Waals surface area contributed by atoms with Gasteiger partial charge >= 0.3 is 30.2 Å². The largest absolute Gasteiger partial charge is 0.465 e. The van der Waals surface area contributed by atoms with Crippen molar-refractivity contribution in [1.82, 2.24) is 0 Å². The highest BCUT2D eigenvalue weighted by molar-refractivity contribution is 5.69. The van der Waals surface area contributed by atoms with Gasteiger partial charge in [-0.1, -0.05) is 32.6 Å². The minimum absolute atomic E-state index is 0.0892. The van der Waals surface area contributed by atoms with E-state index in [1.807, 2.05) is 0 Å². The molecule has 0 amide bonds. The van der Waals surface area contributed by atoms with E-state index in [0.29, 0.717) is 44.9 Å². The Labute approximate surface area is 234 Å². The fourth-order valence-corrected chi connectivity index (χ4v) is 3.47. The molecule has 0 rings (SSSR count). The summed E-state index contributed by atoms with van der Waals surface area (Å²) in [5.74, 6) is -10.1. The second-order valence-electron chi connectivity index (χ2n) is 10.1. The number of ether oxygens (including phenoxy) is 3. The molecular weight excluding hydrogens is 582 g/mol. The summed E-state index contributed by atoms with van der Waals surface area (Å²) in [7, 11) is 0. The summed E-state index contributed by atoms with van der Waals surface area (Å²) in [6, 6.07) is 0. The molecule has 0 aromatic carbocycles. The number of carbonyl (C=O) groups is 1. The molecule has 41 heavy (non-hydrogen) atoms. The average molecular weight is 625 g/mol. The molecule has 0 aromatic heterocycles. The van der Waals surface area contributed by atoms with Crippen LogP contribution in [0.25, 0.3) is 0 Å². The van der Waals surface area contributed by atoms with E-state index in [-0.39, 0.29) is 64.4 Å². The first-order chi connectivity index (χ1) is 18.9. The lowest BCUT2D eigenvalue weighted by Crippen LogP contribution is -2.36. The number of halogens is 10. The third-order valence-electron chi connectivity index (χ3n) is 6.12. The number of aliphatic hydroxyl groups is 1. The zero-order valence-electron chi connectivity index (χ0n) is 23.2. The number of hydrogen-bond donors (Lipinski definition) is 1. The Kier molecular flexibility index (Phi) is 19.1. The number of alkyl halides is 10. The first-order valence-corrected chi connectivity index (χ1v) is 13.8. The highest BCUT2D eigenvalue weighted by Crippen LogP contribution is 2.40. The Bertz CT molecular complexity index is 647. The van der Waals surface area contributed by atoms with Crippen molar-refractivity contribution >= 4 is 5.97 Å². The smallest absolute Gasteiger partial charge is 0.453 e. The summed E-state index contributed by atoms with van der Waals surface area (Å²) in [6.07, 6.45) is -12.0. The van der Waals surface area contributed by atoms with Crippen LogP contribution in [0.4, 0.5) is 43.9 Å². The van der Waals surface area contributed by atoms with Crippen LogP contribution in [0.15, 0.2) is 0 Å². The Hall–Kier alpha value is -1.35. The monoisotopic (exact) mass is 624 g/mol. The van der Waals surface area contributed by atoms with Gasteiger partial charge in [0.25, 0.3) is 0 Å². The number of unbranched alkanes of at least 4 members (excludes halogenated alkanes) is 7. The molecule has 0 bridgehead atoms. The fourth-order valence-electron chi connectivity index (χ4n) is 3.47. The van der Waals surface area contributed by atoms with E-state index in [1.54, 1.807) is 6.92 Å². The summed E-state index contributed by atoms with van der Waals surface area (Å²) in [5, 5.41) is 8.95. The van der Waals surface area contributed by atoms with Crippen LogP contribution in [-0.2, 0) is 19.0 Å². The van der Waals surface area contributed by atoms with Crippen LogP contribution in [0.2, 0.25) is 0 Å². The Morgan fingerprint density at radius 1 is 0.659 bits per heavy atom. The summed E-state index contributed by atoms with van der Waals surface area (Å²) in [4.78, 5) is 11.8. The molecule has 0 aliphatic carbocycles. The Balaban J connectivity index is 4.39. The van der Waals surface area contributed by atoms with Gasteiger partial charge in [-0.2, -0.15) is 43.9 Å². The number of aliphatic hydroxyl groups excluding tert-OH is 1. The van der Waals surface area contributed by atoms with Crippen molar-refractivity contribution in [3.05, 3.63) is 0 Å². The highest BCUT2D eigenvalue weighted by Gasteiger charge is 2.57. The molecule has 0 spiro atoms. The lowest BCUT2D eigenvalue weighted by molar-refractivity contribution is -0.284. The zero-order valence-corrected chi connectivity index (χ0v) is 23.2. The van der Waals surface area contributed by atoms with Gasteiger partial charge in [0.2, 0.25) is 0 Å². The highest BCUT2D eigenvalue weighted by atomic mass is 19.4. The third-order valence-corrected chi connectivity index (χ3v) is 6.12. The topological polar surface area (TPSA) is 65.0 Å². The van der Waals surface area contributed by atoms with E-state index in [1.165, 1.54) is 0 Å². The lowest BCUT2D eigenvalue weighted by atomic mass is 10.1. The van der Waals surface area contributed by atoms with Crippen LogP contribution < -0.4 is 0 Å². The molecule has 15 heteroatoms. The second-order valence-corrected chi connectivity index (χ2v) is 10.1. The lowest BCUT2D eigenvalue weighted by Gasteiger charge is -2.20. The van der Waals surface area contributed by atoms with Gasteiger partial charge in [0.15, 0.2) is 6.29 Å². The van der Waals surface area contributed by atoms with Crippen LogP contribution in [0.3, 0.4) is 0 Å². The minimum Gasteiger partial charge on any atom is -0.465 e. The van der Waals surface area contributed by atoms with Crippen LogP contribution >= 0.6 is 0 Å². The Morgan fingerprint density at radius 2 is 1.10 bits per heavy atom. The first kappa shape index (κ1) is 39.6. The predicted molar refractivity (Wildman–Crippen MR) is 130 cm³/mol. The minimum atomic E-state index is -5.58. The summed E-state index contributed by atoms with van der Waals surface area (Å²) >= 11 is 0. The maximum absolute atomic E-state index is 12.9. The maximum atomic E-state index is 12.9. The van der Waals surface area contributed by atoms with Crippen molar-refractivity contribution < 1.29 is 68.0 Å². The van der Waals surface area contributed by atoms with Gasteiger partial charge in [-0.15, -0.1) is 0 Å². The normalized spacial score (nSPS) is 14.1. The van der Waals surface area contributed by atoms with Crippen molar-refractivity contribution in [2.75, 3.05) is 26.4 Å². The number of carbonyl (C=O) groups excluding carboxylic acids is 1. The standard InChI is InChI=1S/C26H42F10O5/c1-20(18-37)19-41-21(38)12-6-7-13-22(39-16-10-4-2-8-14-23(27,28)25(31,32)33)40-17-11-5-3-9-15-24(29,30)26(34,35)36/h20,22,37H,2-19H2,1H3. The molecule has 0 aromatic rings. The maximum Gasteiger partial charge on any atom is 0.453 e. The molecule has 0 saturated carbocycles. The molecular formula is C26H42F10O5. The second kappa shape index (κ2) is 19.8. The summed E-state index contributed by atoms with van der Waals surface area (Å²) in [5.41, 5.74) is 0. The predicted octanol–water partition coefficient (Wildman–Crippen LogP) is 8.37. The molecule has 1 N–H and O–H groups in total. The van der Waals surface area contributed by atoms with Gasteiger partial charge in [0.05, 0.1) is 6.61 Å². The third kappa shape index (κ3) is 18.7. The van der Waals surface area contributed by atoms with E-state index >= 15 is 0 Å². The van der Waals surface area contributed by atoms with Gasteiger partial charge in [-0.05, 0) is 44.9 Å². The van der Waals surface area contributed by atoms with E-state index in [9.17, 15) is 48.7 Å². The molecule has 0 saturated heterocycles. The zero-order chi connectivity index (χ0) is 31.6. The molecule has 1 atom stereocenters. The number of hydrogen-bond acceptors (Lipinski definition) is 5. The van der Waals surface area contributed by atoms with Crippen LogP contribution in [0.5, 0.6) is 0 Å². The Morgan fingerprint density at radius 3 is 1.51 bits per heavy atom. The van der Waals surface area contributed by atoms with Crippen molar-refractivity contribution in [3.63, 3.8) is 0 Å². The van der Waals surface area contributed by atoms with E-state index in [4.69, 9.17) is 19.3 Å². The van der Waals surface area contributed by atoms with Crippen LogP contribution in [-0.4, -0.2) is 68.0 Å². The molecule has 0 aliphatic heterocycles. The van der Waals surface area contributed by atoms with Gasteiger partial charge in [0, 0.05) is 45.0 Å². The van der Waals surface area contributed by atoms with E-state index < -0.39 is 49.3 Å². The van der Waals surface area contributed by atoms with Crippen LogP contribution in [0, 0.1) is 5.92 Å². The number of esters is 1. The average Bonchev–Trinajstić information content (AvgIpc) is 2.86. The summed E-state index contributed by atoms with van der Waals surface area (Å²) in [6.45, 7) is 1.94. The van der Waals surface area contributed by atoms with E-state index in [2.05, 4.69) is 0 Å². The molecule has 0 radical (unpaired) electrons. The molecule has 1 unspecified atom stereocenters. The molecule has 0 heterocycles. The first-order valence-electron chi connectivity index (χ1n) is 13.8. The molecule has 5 nitrogen and oxygen atoms in total. The van der Waals surface area contributed by atoms with Gasteiger partial charge < -0.3 is 19.3 Å². The van der Waals surface area contributed by atoms with E-state index in [0.717, 1.165) is 0 Å². The summed E-state index contributed by atoms with van der Waals surface area (Å²) < 4.78 is 141. The van der Waals surface area contributed by atoms with Crippen molar-refractivity contribution in [3.8, 4) is 0 Å². The quantitative estimate of drug-likeness (QED) is 0.0506. The van der Waals surface area contributed by atoms with Crippen LogP contribution in [0.1, 0.15) is 96.8 Å². The van der Waals surface area contributed by atoms with Gasteiger partial charge in [-0.25, -0.2) is 0 Å². The van der Waals surface area contributed by atoms with Gasteiger partial charge in [0.1, 0.15) is 0 Å². The number of rotatable bonds is 24. The van der Waals surface area contributed by atoms with Crippen molar-refractivity contribution in [1.29, 1.82) is 0 Å². The fraction of sp³-hybridized carbons (Fsp3) is 0.962. The molecule has 0 fully saturated rings. The SMILES string of the molecule is CC(CO)COC(=O)CCCCC(OCCCCCCC(F)(F)C(F)(F)F)OCCCCCCC(F)(F)C(F)(F)F. The molecule has 0 aliphatic rings. The van der Waals surface area contributed by atoms with Crippen molar-refractivity contribution in [2.45, 2.75) is 127 Å². The van der Waals surface area contributed by atoms with Crippen molar-refractivity contribution in [2.24, 2.45) is 5.92 Å². The van der Waals surface area contributed by atoms with Gasteiger partial charge in [-0.3, -0.25) is 4.79 Å². The molecule has 246 valence electrons.